The zero-order chi connectivity index (χ0) is 33.2. The van der Waals surface area contributed by atoms with Crippen LogP contribution in [0.25, 0.3) is 5.57 Å². The Hall–Kier alpha value is -2.40. The van der Waals surface area contributed by atoms with Crippen LogP contribution in [0.2, 0.25) is 0 Å². The zero-order valence-corrected chi connectivity index (χ0v) is 29.4. The van der Waals surface area contributed by atoms with Crippen molar-refractivity contribution < 1.29 is 19.8 Å². The molecule has 2 unspecified atom stereocenters. The Morgan fingerprint density at radius 3 is 2.15 bits per heavy atom. The number of aliphatic carboxylic acids is 1. The summed E-state index contributed by atoms with van der Waals surface area (Å²) in [6.07, 6.45) is 14.2. The van der Waals surface area contributed by atoms with Gasteiger partial charge in [-0.3, -0.25) is 9.69 Å². The second-order valence-electron chi connectivity index (χ2n) is 18.1. The van der Waals surface area contributed by atoms with Crippen LogP contribution in [0.15, 0.2) is 42.5 Å². The molecule has 2 N–H and O–H groups in total. The van der Waals surface area contributed by atoms with Gasteiger partial charge in [0.25, 0.3) is 0 Å². The van der Waals surface area contributed by atoms with Gasteiger partial charge in [0, 0.05) is 11.6 Å². The van der Waals surface area contributed by atoms with Gasteiger partial charge in [-0.05, 0) is 153 Å². The van der Waals surface area contributed by atoms with Crippen molar-refractivity contribution in [2.45, 2.75) is 117 Å². The maximum absolute atomic E-state index is 12.0. The molecule has 0 heterocycles. The first kappa shape index (κ1) is 32.2. The van der Waals surface area contributed by atoms with E-state index in [-0.39, 0.29) is 39.2 Å². The molecule has 46 heavy (non-hydrogen) atoms. The Bertz CT molecular complexity index is 1490. The van der Waals surface area contributed by atoms with E-state index in [9.17, 15) is 19.8 Å². The molecule has 0 radical (unpaired) electrons. The Balaban J connectivity index is 1.23. The molecule has 5 saturated carbocycles. The molecule has 1 aromatic rings. The molecule has 250 valence electrons. The highest BCUT2D eigenvalue weighted by molar-refractivity contribution is 5.88. The smallest absolute Gasteiger partial charge is 0.335 e. The monoisotopic (exact) mass is 627 g/mol. The van der Waals surface area contributed by atoms with Crippen molar-refractivity contribution in [3.63, 3.8) is 0 Å². The van der Waals surface area contributed by atoms with Crippen molar-refractivity contribution in [3.8, 4) is 0 Å². The second-order valence-corrected chi connectivity index (χ2v) is 18.1. The average molecular weight is 628 g/mol. The van der Waals surface area contributed by atoms with Crippen LogP contribution in [0.3, 0.4) is 0 Å². The van der Waals surface area contributed by atoms with Crippen LogP contribution < -0.4 is 0 Å². The Kier molecular flexibility index (Phi) is 7.20. The van der Waals surface area contributed by atoms with Crippen LogP contribution in [-0.2, 0) is 4.79 Å². The lowest BCUT2D eigenvalue weighted by molar-refractivity contribution is -0.227. The fourth-order valence-corrected chi connectivity index (χ4v) is 13.8. The van der Waals surface area contributed by atoms with E-state index in [0.29, 0.717) is 35.2 Å². The lowest BCUT2D eigenvalue weighted by Crippen LogP contribution is -2.68. The molecule has 0 bridgehead atoms. The van der Waals surface area contributed by atoms with Gasteiger partial charge in [0.05, 0.1) is 11.5 Å². The lowest BCUT2D eigenvalue weighted by Gasteiger charge is -2.73. The summed E-state index contributed by atoms with van der Waals surface area (Å²) in [6.45, 7) is 19.7. The number of hydrogen-bond donors (Lipinski definition) is 2. The Morgan fingerprint density at radius 2 is 1.54 bits per heavy atom. The van der Waals surface area contributed by atoms with Crippen molar-refractivity contribution in [1.29, 1.82) is 0 Å². The van der Waals surface area contributed by atoms with Crippen LogP contribution in [0.5, 0.6) is 0 Å². The van der Waals surface area contributed by atoms with Gasteiger partial charge >= 0.3 is 11.9 Å². The molecule has 7 rings (SSSR count). The number of hydrogen-bond acceptors (Lipinski definition) is 3. The van der Waals surface area contributed by atoms with Crippen LogP contribution in [0.1, 0.15) is 122 Å². The molecular formula is C41H57NO4. The number of nitrogens with zero attached hydrogens (tertiary/aromatic N) is 1. The minimum absolute atomic E-state index is 0.00268. The largest absolute Gasteiger partial charge is 0.481 e. The van der Waals surface area contributed by atoms with E-state index in [1.54, 1.807) is 12.1 Å². The number of rotatable bonds is 6. The van der Waals surface area contributed by atoms with Crippen molar-refractivity contribution in [3.05, 3.63) is 53.6 Å². The van der Waals surface area contributed by atoms with Gasteiger partial charge in [0.15, 0.2) is 0 Å². The number of benzene rings is 1. The van der Waals surface area contributed by atoms with E-state index in [2.05, 4.69) is 66.1 Å². The SMILES string of the molecule is C=C(C)[C@@H]1CC[C@]2(N(C)C3CC3C(=O)O)CC[C@]3(C)[C@H](CC[C@@H]4[C@@]5(C)CC=C(c6ccc(C(=O)O)cc6)C(C)(C)[C@@H]5CC[C@]43C)[C@@H]12. The minimum atomic E-state index is -0.873. The third-order valence-corrected chi connectivity index (χ3v) is 16.3. The maximum Gasteiger partial charge on any atom is 0.335 e. The van der Waals surface area contributed by atoms with Gasteiger partial charge in [0.2, 0.25) is 0 Å². The summed E-state index contributed by atoms with van der Waals surface area (Å²) in [5.41, 5.74) is 5.04. The van der Waals surface area contributed by atoms with E-state index < -0.39 is 11.9 Å². The average Bonchev–Trinajstić information content (AvgIpc) is 3.70. The second kappa shape index (κ2) is 10.3. The molecule has 0 aliphatic heterocycles. The van der Waals surface area contributed by atoms with Gasteiger partial charge in [-0.2, -0.15) is 0 Å². The number of carboxylic acids is 2. The van der Waals surface area contributed by atoms with Crippen LogP contribution in [0, 0.1) is 57.2 Å². The van der Waals surface area contributed by atoms with E-state index in [0.717, 1.165) is 12.8 Å². The fourth-order valence-electron chi connectivity index (χ4n) is 13.8. The minimum Gasteiger partial charge on any atom is -0.481 e. The summed E-state index contributed by atoms with van der Waals surface area (Å²) in [4.78, 5) is 26.1. The zero-order valence-electron chi connectivity index (χ0n) is 29.4. The summed E-state index contributed by atoms with van der Waals surface area (Å²) < 4.78 is 0. The Labute approximate surface area is 276 Å². The molecule has 6 aliphatic carbocycles. The molecule has 1 aromatic carbocycles. The fraction of sp³-hybridized carbons (Fsp3) is 0.707. The predicted octanol–water partition coefficient (Wildman–Crippen LogP) is 9.19. The molecule has 0 amide bonds. The van der Waals surface area contributed by atoms with Gasteiger partial charge in [0.1, 0.15) is 0 Å². The summed E-state index contributed by atoms with van der Waals surface area (Å²) in [5.74, 6) is 1.23. The first-order valence-electron chi connectivity index (χ1n) is 18.2. The molecule has 5 fully saturated rings. The molecule has 0 aromatic heterocycles. The number of fused-ring (bicyclic) bond motifs is 7. The molecule has 6 aliphatic rings. The van der Waals surface area contributed by atoms with E-state index in [1.165, 1.54) is 68.1 Å². The molecular weight excluding hydrogens is 570 g/mol. The molecule has 0 saturated heterocycles. The number of aromatic carboxylic acids is 1. The third kappa shape index (κ3) is 4.15. The normalized spacial score (nSPS) is 45.5. The van der Waals surface area contributed by atoms with E-state index >= 15 is 0 Å². The quantitative estimate of drug-likeness (QED) is 0.308. The summed E-state index contributed by atoms with van der Waals surface area (Å²) in [7, 11) is 2.27. The van der Waals surface area contributed by atoms with Gasteiger partial charge in [-0.1, -0.05) is 65.0 Å². The predicted molar refractivity (Wildman–Crippen MR) is 183 cm³/mol. The number of allylic oxidation sites excluding steroid dienone is 3. The van der Waals surface area contributed by atoms with Crippen molar-refractivity contribution >= 4 is 17.5 Å². The van der Waals surface area contributed by atoms with Crippen molar-refractivity contribution in [2.24, 2.45) is 57.2 Å². The highest BCUT2D eigenvalue weighted by Crippen LogP contribution is 2.77. The molecule has 5 heteroatoms. The van der Waals surface area contributed by atoms with Crippen LogP contribution >= 0.6 is 0 Å². The van der Waals surface area contributed by atoms with Crippen molar-refractivity contribution in [2.75, 3.05) is 7.05 Å². The topological polar surface area (TPSA) is 77.8 Å². The highest BCUT2D eigenvalue weighted by Gasteiger charge is 2.71. The van der Waals surface area contributed by atoms with Crippen LogP contribution in [0.4, 0.5) is 0 Å². The maximum atomic E-state index is 12.0. The van der Waals surface area contributed by atoms with Gasteiger partial charge in [-0.25, -0.2) is 4.79 Å². The number of carbonyl (C=O) groups is 2. The summed E-state index contributed by atoms with van der Waals surface area (Å²) >= 11 is 0. The molecule has 0 spiro atoms. The van der Waals surface area contributed by atoms with Crippen LogP contribution in [-0.4, -0.2) is 45.7 Å². The van der Waals surface area contributed by atoms with Crippen molar-refractivity contribution in [1.82, 2.24) is 4.90 Å². The van der Waals surface area contributed by atoms with Gasteiger partial charge < -0.3 is 10.2 Å². The van der Waals surface area contributed by atoms with E-state index in [4.69, 9.17) is 0 Å². The Morgan fingerprint density at radius 1 is 0.848 bits per heavy atom. The van der Waals surface area contributed by atoms with E-state index in [1.807, 2.05) is 12.1 Å². The summed E-state index contributed by atoms with van der Waals surface area (Å²) in [6, 6.07) is 7.74. The van der Waals surface area contributed by atoms with Gasteiger partial charge in [-0.15, -0.1) is 0 Å². The summed E-state index contributed by atoms with van der Waals surface area (Å²) in [5, 5.41) is 19.3. The highest BCUT2D eigenvalue weighted by atomic mass is 16.4. The first-order valence-corrected chi connectivity index (χ1v) is 18.2. The molecule has 5 nitrogen and oxygen atoms in total. The lowest BCUT2D eigenvalue weighted by atomic mass is 9.33. The standard InChI is InChI=1S/C41H57NO4/c1-24(2)27-15-20-41(42(8)31-23-28(31)36(45)46)22-21-39(6)30(34(27)41)13-14-33-38(5)18-16-29(25-9-11-26(12-10-25)35(43)44)37(3,4)32(38)17-19-40(33,39)7/h9-12,16,27-28,30-34H,1,13-15,17-23H2,2-8H3,(H,43,44)(H,45,46)/t27-,28?,30+,31?,32-,33+,34+,38-,39+,40+,41-/m0/s1. The third-order valence-electron chi connectivity index (χ3n) is 16.3. The molecule has 11 atom stereocenters. The number of carboxylic acid groups (broad SMARTS) is 2. The first-order chi connectivity index (χ1) is 21.5.